The lowest BCUT2D eigenvalue weighted by atomic mass is 10.1. The van der Waals surface area contributed by atoms with Gasteiger partial charge < -0.3 is 0 Å². The first-order chi connectivity index (χ1) is 7.79. The van der Waals surface area contributed by atoms with E-state index in [4.69, 9.17) is 11.6 Å². The van der Waals surface area contributed by atoms with Crippen molar-refractivity contribution < 1.29 is 0 Å². The third-order valence-corrected chi connectivity index (χ3v) is 3.57. The van der Waals surface area contributed by atoms with Gasteiger partial charge in [-0.1, -0.05) is 0 Å². The quantitative estimate of drug-likeness (QED) is 0.739. The molecule has 0 bridgehead atoms. The number of halogens is 1. The predicted molar refractivity (Wildman–Crippen MR) is 66.6 cm³/mol. The van der Waals surface area contributed by atoms with Crippen molar-refractivity contribution in [1.29, 1.82) is 0 Å². The van der Waals surface area contributed by atoms with Gasteiger partial charge in [0, 0.05) is 31.7 Å². The molecule has 0 amide bonds. The van der Waals surface area contributed by atoms with Gasteiger partial charge in [0.05, 0.1) is 5.69 Å². The van der Waals surface area contributed by atoms with Crippen LogP contribution in [-0.4, -0.2) is 33.1 Å². The molecule has 16 heavy (non-hydrogen) atoms. The Kier molecular flexibility index (Phi) is 4.24. The number of hydrogen-bond donors (Lipinski definition) is 0. The van der Waals surface area contributed by atoms with Crippen LogP contribution in [0, 0.1) is 0 Å². The van der Waals surface area contributed by atoms with Gasteiger partial charge in [-0.25, -0.2) is 0 Å². The van der Waals surface area contributed by atoms with Gasteiger partial charge in [-0.3, -0.25) is 9.58 Å². The van der Waals surface area contributed by atoms with Crippen molar-refractivity contribution in [1.82, 2.24) is 14.7 Å². The Labute approximate surface area is 102 Å². The van der Waals surface area contributed by atoms with E-state index in [0.717, 1.165) is 24.9 Å². The lowest BCUT2D eigenvalue weighted by Gasteiger charge is -2.23. The molecule has 0 spiro atoms. The first-order valence-corrected chi connectivity index (χ1v) is 6.61. The third-order valence-electron chi connectivity index (χ3n) is 3.30. The first-order valence-electron chi connectivity index (χ1n) is 6.08. The topological polar surface area (TPSA) is 21.1 Å². The summed E-state index contributed by atoms with van der Waals surface area (Å²) in [6.45, 7) is 2.21. The van der Waals surface area contributed by atoms with E-state index in [-0.39, 0.29) is 0 Å². The molecule has 1 saturated heterocycles. The maximum atomic E-state index is 5.76. The molecule has 1 aromatic rings. The fourth-order valence-corrected chi connectivity index (χ4v) is 2.65. The smallest absolute Gasteiger partial charge is 0.0764 e. The summed E-state index contributed by atoms with van der Waals surface area (Å²) in [6.07, 6.45) is 7.02. The minimum absolute atomic E-state index is 0.723. The molecule has 0 aromatic carbocycles. The van der Waals surface area contributed by atoms with Gasteiger partial charge in [0.2, 0.25) is 0 Å². The molecule has 1 unspecified atom stereocenters. The summed E-state index contributed by atoms with van der Waals surface area (Å²) in [6, 6.07) is 2.83. The summed E-state index contributed by atoms with van der Waals surface area (Å²) >= 11 is 5.76. The Balaban J connectivity index is 1.88. The SMILES string of the molecule is Cn1ccc(CN2CCCC2CCCCl)n1. The third kappa shape index (κ3) is 2.98. The zero-order valence-corrected chi connectivity index (χ0v) is 10.7. The van der Waals surface area contributed by atoms with E-state index >= 15 is 0 Å². The van der Waals surface area contributed by atoms with Crippen molar-refractivity contribution in [3.63, 3.8) is 0 Å². The van der Waals surface area contributed by atoms with Gasteiger partial charge in [0.25, 0.3) is 0 Å². The van der Waals surface area contributed by atoms with E-state index in [9.17, 15) is 0 Å². The molecule has 1 aliphatic heterocycles. The molecule has 1 aromatic heterocycles. The van der Waals surface area contributed by atoms with Crippen molar-refractivity contribution in [3.8, 4) is 0 Å². The second-order valence-electron chi connectivity index (χ2n) is 4.58. The van der Waals surface area contributed by atoms with Gasteiger partial charge in [0.15, 0.2) is 0 Å². The van der Waals surface area contributed by atoms with Crippen molar-refractivity contribution in [2.24, 2.45) is 7.05 Å². The zero-order chi connectivity index (χ0) is 11.4. The number of likely N-dealkylation sites (tertiary alicyclic amines) is 1. The van der Waals surface area contributed by atoms with Crippen LogP contribution in [0.15, 0.2) is 12.3 Å². The molecule has 4 heteroatoms. The number of alkyl halides is 1. The maximum Gasteiger partial charge on any atom is 0.0764 e. The van der Waals surface area contributed by atoms with E-state index in [1.807, 2.05) is 17.9 Å². The Bertz CT molecular complexity index is 324. The average molecular weight is 242 g/mol. The molecule has 0 saturated carbocycles. The maximum absolute atomic E-state index is 5.76. The molecule has 0 aliphatic carbocycles. The largest absolute Gasteiger partial charge is 0.294 e. The summed E-state index contributed by atoms with van der Waals surface area (Å²) in [5.41, 5.74) is 1.18. The monoisotopic (exact) mass is 241 g/mol. The summed E-state index contributed by atoms with van der Waals surface area (Å²) in [4.78, 5) is 2.55. The van der Waals surface area contributed by atoms with Gasteiger partial charge in [-0.2, -0.15) is 5.10 Å². The molecule has 90 valence electrons. The Hall–Kier alpha value is -0.540. The van der Waals surface area contributed by atoms with Gasteiger partial charge in [0.1, 0.15) is 0 Å². The highest BCUT2D eigenvalue weighted by Gasteiger charge is 2.24. The average Bonchev–Trinajstić information content (AvgIpc) is 2.86. The minimum Gasteiger partial charge on any atom is -0.294 e. The summed E-state index contributed by atoms with van der Waals surface area (Å²) < 4.78 is 1.87. The summed E-state index contributed by atoms with van der Waals surface area (Å²) in [5, 5.41) is 4.44. The fourth-order valence-electron chi connectivity index (χ4n) is 2.50. The van der Waals surface area contributed by atoms with E-state index < -0.39 is 0 Å². The van der Waals surface area contributed by atoms with E-state index in [2.05, 4.69) is 16.1 Å². The molecule has 0 radical (unpaired) electrons. The highest BCUT2D eigenvalue weighted by atomic mass is 35.5. The summed E-state index contributed by atoms with van der Waals surface area (Å²) in [5.74, 6) is 0.786. The van der Waals surface area contributed by atoms with Crippen LogP contribution in [0.3, 0.4) is 0 Å². The van der Waals surface area contributed by atoms with E-state index in [1.54, 1.807) is 0 Å². The van der Waals surface area contributed by atoms with Crippen LogP contribution >= 0.6 is 11.6 Å². The second-order valence-corrected chi connectivity index (χ2v) is 4.96. The van der Waals surface area contributed by atoms with Crippen molar-refractivity contribution in [3.05, 3.63) is 18.0 Å². The van der Waals surface area contributed by atoms with Crippen LogP contribution in [-0.2, 0) is 13.6 Å². The number of aryl methyl sites for hydroxylation is 1. The Morgan fingerprint density at radius 1 is 1.56 bits per heavy atom. The van der Waals surface area contributed by atoms with Crippen LogP contribution in [0.25, 0.3) is 0 Å². The molecule has 0 N–H and O–H groups in total. The molecule has 1 atom stereocenters. The summed E-state index contributed by atoms with van der Waals surface area (Å²) in [7, 11) is 1.97. The Morgan fingerprint density at radius 3 is 3.12 bits per heavy atom. The molecule has 2 rings (SSSR count). The molecule has 1 aliphatic rings. The van der Waals surface area contributed by atoms with Gasteiger partial charge in [-0.15, -0.1) is 11.6 Å². The molecular weight excluding hydrogens is 222 g/mol. The van der Waals surface area contributed by atoms with Crippen LogP contribution in [0.5, 0.6) is 0 Å². The number of rotatable bonds is 5. The van der Waals surface area contributed by atoms with E-state index in [0.29, 0.717) is 0 Å². The van der Waals surface area contributed by atoms with Gasteiger partial charge in [-0.05, 0) is 38.3 Å². The molecule has 1 fully saturated rings. The molecule has 2 heterocycles. The highest BCUT2D eigenvalue weighted by molar-refractivity contribution is 6.17. The van der Waals surface area contributed by atoms with Crippen molar-refractivity contribution in [2.45, 2.75) is 38.3 Å². The van der Waals surface area contributed by atoms with Crippen LogP contribution < -0.4 is 0 Å². The van der Waals surface area contributed by atoms with Crippen LogP contribution in [0.4, 0.5) is 0 Å². The van der Waals surface area contributed by atoms with E-state index in [1.165, 1.54) is 31.5 Å². The van der Waals surface area contributed by atoms with Crippen molar-refractivity contribution in [2.75, 3.05) is 12.4 Å². The minimum atomic E-state index is 0.723. The standard InChI is InChI=1S/C12H20ClN3/c1-15-9-6-11(14-15)10-16-8-3-5-12(16)4-2-7-13/h6,9,12H,2-5,7-8,10H2,1H3. The lowest BCUT2D eigenvalue weighted by Crippen LogP contribution is -2.29. The number of hydrogen-bond acceptors (Lipinski definition) is 2. The van der Waals surface area contributed by atoms with Crippen molar-refractivity contribution >= 4 is 11.6 Å². The zero-order valence-electron chi connectivity index (χ0n) is 9.90. The molecule has 3 nitrogen and oxygen atoms in total. The first kappa shape index (κ1) is 11.9. The Morgan fingerprint density at radius 2 is 2.44 bits per heavy atom. The lowest BCUT2D eigenvalue weighted by molar-refractivity contribution is 0.230. The van der Waals surface area contributed by atoms with Gasteiger partial charge >= 0.3 is 0 Å². The van der Waals surface area contributed by atoms with Crippen LogP contribution in [0.1, 0.15) is 31.4 Å². The molecular formula is C12H20ClN3. The second kappa shape index (κ2) is 5.69. The predicted octanol–water partition coefficient (Wildman–Crippen LogP) is 2.40. The van der Waals surface area contributed by atoms with Crippen LogP contribution in [0.2, 0.25) is 0 Å². The number of nitrogens with zero attached hydrogens (tertiary/aromatic N) is 3. The number of aromatic nitrogens is 2. The fraction of sp³-hybridized carbons (Fsp3) is 0.750. The normalized spacial score (nSPS) is 21.8. The highest BCUT2D eigenvalue weighted by Crippen LogP contribution is 2.23.